The normalized spacial score (nSPS) is 14.1. The lowest BCUT2D eigenvalue weighted by Crippen LogP contribution is -2.27. The highest BCUT2D eigenvalue weighted by molar-refractivity contribution is 9.10. The van der Waals surface area contributed by atoms with Crippen LogP contribution >= 0.6 is 15.9 Å². The molecule has 2 aromatic rings. The second kappa shape index (κ2) is 6.97. The van der Waals surface area contributed by atoms with Crippen LogP contribution in [0.2, 0.25) is 0 Å². The quantitative estimate of drug-likeness (QED) is 0.815. The van der Waals surface area contributed by atoms with Gasteiger partial charge in [0.25, 0.3) is 5.91 Å². The van der Waals surface area contributed by atoms with E-state index < -0.39 is 0 Å². The van der Waals surface area contributed by atoms with E-state index in [0.717, 1.165) is 47.3 Å². The summed E-state index contributed by atoms with van der Waals surface area (Å²) in [6.45, 7) is 2.26. The van der Waals surface area contributed by atoms with Crippen molar-refractivity contribution < 1.29 is 9.53 Å². The van der Waals surface area contributed by atoms with Crippen molar-refractivity contribution >= 4 is 21.8 Å². The third-order valence-electron chi connectivity index (χ3n) is 3.79. The van der Waals surface area contributed by atoms with Crippen molar-refractivity contribution in [2.24, 2.45) is 0 Å². The monoisotopic (exact) mass is 359 g/mol. The molecule has 114 valence electrons. The van der Waals surface area contributed by atoms with Crippen molar-refractivity contribution in [3.63, 3.8) is 0 Å². The van der Waals surface area contributed by atoms with E-state index in [-0.39, 0.29) is 5.91 Å². The minimum Gasteiger partial charge on any atom is -0.489 e. The van der Waals surface area contributed by atoms with Gasteiger partial charge in [0.05, 0.1) is 0 Å². The van der Waals surface area contributed by atoms with Gasteiger partial charge in [-0.15, -0.1) is 0 Å². The lowest BCUT2D eigenvalue weighted by molar-refractivity contribution is 0.0793. The molecule has 1 amide bonds. The number of carbonyl (C=O) groups is 1. The summed E-state index contributed by atoms with van der Waals surface area (Å²) in [5, 5.41) is 0. The Balaban J connectivity index is 1.60. The highest BCUT2D eigenvalue weighted by atomic mass is 79.9. The fourth-order valence-electron chi connectivity index (χ4n) is 2.59. The van der Waals surface area contributed by atoms with E-state index >= 15 is 0 Å². The molecule has 0 N–H and O–H groups in total. The summed E-state index contributed by atoms with van der Waals surface area (Å²) in [6, 6.07) is 15.4. The molecular weight excluding hydrogens is 342 g/mol. The summed E-state index contributed by atoms with van der Waals surface area (Å²) in [4.78, 5) is 14.2. The lowest BCUT2D eigenvalue weighted by Gasteiger charge is -2.15. The highest BCUT2D eigenvalue weighted by Gasteiger charge is 2.19. The first-order chi connectivity index (χ1) is 10.7. The van der Waals surface area contributed by atoms with Crippen LogP contribution < -0.4 is 4.74 Å². The van der Waals surface area contributed by atoms with Gasteiger partial charge in [-0.05, 0) is 54.8 Å². The van der Waals surface area contributed by atoms with Crippen molar-refractivity contribution in [2.45, 2.75) is 19.4 Å². The number of ether oxygens (including phenoxy) is 1. The summed E-state index contributed by atoms with van der Waals surface area (Å²) >= 11 is 3.45. The Hall–Kier alpha value is -1.81. The van der Waals surface area contributed by atoms with Crippen molar-refractivity contribution in [1.29, 1.82) is 0 Å². The summed E-state index contributed by atoms with van der Waals surface area (Å²) in [5.41, 5.74) is 1.84. The maximum Gasteiger partial charge on any atom is 0.253 e. The average Bonchev–Trinajstić information content (AvgIpc) is 3.07. The minimum atomic E-state index is 0.121. The Morgan fingerprint density at radius 3 is 2.50 bits per heavy atom. The van der Waals surface area contributed by atoms with Crippen LogP contribution in [0.25, 0.3) is 0 Å². The van der Waals surface area contributed by atoms with Gasteiger partial charge >= 0.3 is 0 Å². The predicted molar refractivity (Wildman–Crippen MR) is 90.1 cm³/mol. The molecule has 1 heterocycles. The molecule has 0 saturated carbocycles. The second-order valence-electron chi connectivity index (χ2n) is 5.44. The molecule has 3 nitrogen and oxygen atoms in total. The lowest BCUT2D eigenvalue weighted by atomic mass is 10.2. The molecule has 3 rings (SSSR count). The van der Waals surface area contributed by atoms with E-state index in [2.05, 4.69) is 15.9 Å². The van der Waals surface area contributed by atoms with E-state index in [4.69, 9.17) is 4.74 Å². The zero-order valence-electron chi connectivity index (χ0n) is 12.3. The van der Waals surface area contributed by atoms with Crippen LogP contribution in [0.15, 0.2) is 53.0 Å². The fourth-order valence-corrected chi connectivity index (χ4v) is 3.04. The van der Waals surface area contributed by atoms with Crippen molar-refractivity contribution in [3.8, 4) is 5.75 Å². The number of benzene rings is 2. The van der Waals surface area contributed by atoms with Gasteiger partial charge in [-0.1, -0.05) is 28.1 Å². The minimum absolute atomic E-state index is 0.121. The topological polar surface area (TPSA) is 29.5 Å². The molecule has 0 radical (unpaired) electrons. The predicted octanol–water partition coefficient (Wildman–Crippen LogP) is 4.26. The van der Waals surface area contributed by atoms with Gasteiger partial charge in [-0.2, -0.15) is 0 Å². The standard InChI is InChI=1S/C18H18BrNO2/c19-16-5-3-4-14(12-16)13-22-17-8-6-15(7-9-17)18(21)20-10-1-2-11-20/h3-9,12H,1-2,10-11,13H2. The molecule has 1 aliphatic rings. The molecule has 1 aliphatic heterocycles. The Morgan fingerprint density at radius 1 is 1.09 bits per heavy atom. The first-order valence-electron chi connectivity index (χ1n) is 7.49. The van der Waals surface area contributed by atoms with Crippen LogP contribution in [0.1, 0.15) is 28.8 Å². The van der Waals surface area contributed by atoms with Crippen LogP contribution in [0, 0.1) is 0 Å². The zero-order valence-corrected chi connectivity index (χ0v) is 13.9. The van der Waals surface area contributed by atoms with Crippen LogP contribution in [-0.4, -0.2) is 23.9 Å². The van der Waals surface area contributed by atoms with E-state index in [1.165, 1.54) is 0 Å². The molecule has 4 heteroatoms. The number of likely N-dealkylation sites (tertiary alicyclic amines) is 1. The Morgan fingerprint density at radius 2 is 1.82 bits per heavy atom. The van der Waals surface area contributed by atoms with Gasteiger partial charge < -0.3 is 9.64 Å². The van der Waals surface area contributed by atoms with Gasteiger partial charge in [0.15, 0.2) is 0 Å². The summed E-state index contributed by atoms with van der Waals surface area (Å²) in [5.74, 6) is 0.897. The number of carbonyl (C=O) groups excluding carboxylic acids is 1. The third kappa shape index (κ3) is 3.69. The van der Waals surface area contributed by atoms with Crippen LogP contribution in [0.5, 0.6) is 5.75 Å². The molecule has 0 atom stereocenters. The van der Waals surface area contributed by atoms with E-state index in [1.54, 1.807) is 0 Å². The molecule has 2 aromatic carbocycles. The summed E-state index contributed by atoms with van der Waals surface area (Å²) < 4.78 is 6.80. The molecule has 0 unspecified atom stereocenters. The highest BCUT2D eigenvalue weighted by Crippen LogP contribution is 2.18. The van der Waals surface area contributed by atoms with Crippen LogP contribution in [-0.2, 0) is 6.61 Å². The van der Waals surface area contributed by atoms with Crippen molar-refractivity contribution in [1.82, 2.24) is 4.90 Å². The van der Waals surface area contributed by atoms with Crippen molar-refractivity contribution in [3.05, 3.63) is 64.1 Å². The molecule has 0 bridgehead atoms. The largest absolute Gasteiger partial charge is 0.489 e. The first-order valence-corrected chi connectivity index (χ1v) is 8.28. The van der Waals surface area contributed by atoms with E-state index in [9.17, 15) is 4.79 Å². The molecule has 22 heavy (non-hydrogen) atoms. The third-order valence-corrected chi connectivity index (χ3v) is 4.28. The van der Waals surface area contributed by atoms with E-state index in [0.29, 0.717) is 6.61 Å². The van der Waals surface area contributed by atoms with Crippen molar-refractivity contribution in [2.75, 3.05) is 13.1 Å². The molecular formula is C18H18BrNO2. The number of nitrogens with zero attached hydrogens (tertiary/aromatic N) is 1. The van der Waals surface area contributed by atoms with Crippen LogP contribution in [0.3, 0.4) is 0 Å². The van der Waals surface area contributed by atoms with Crippen LogP contribution in [0.4, 0.5) is 0 Å². The second-order valence-corrected chi connectivity index (χ2v) is 6.36. The summed E-state index contributed by atoms with van der Waals surface area (Å²) in [7, 11) is 0. The average molecular weight is 360 g/mol. The van der Waals surface area contributed by atoms with Gasteiger partial charge in [0.2, 0.25) is 0 Å². The molecule has 0 spiro atoms. The number of amides is 1. The van der Waals surface area contributed by atoms with E-state index in [1.807, 2.05) is 53.4 Å². The van der Waals surface area contributed by atoms with Gasteiger partial charge in [0, 0.05) is 23.1 Å². The number of hydrogen-bond acceptors (Lipinski definition) is 2. The maximum absolute atomic E-state index is 12.3. The molecule has 0 aromatic heterocycles. The SMILES string of the molecule is O=C(c1ccc(OCc2cccc(Br)c2)cc1)N1CCCC1. The Labute approximate surface area is 139 Å². The number of rotatable bonds is 4. The Bertz CT molecular complexity index is 648. The zero-order chi connectivity index (χ0) is 15.4. The molecule has 1 fully saturated rings. The van der Waals surface area contributed by atoms with Gasteiger partial charge in [-0.3, -0.25) is 4.79 Å². The maximum atomic E-state index is 12.3. The first kappa shape index (κ1) is 15.1. The smallest absolute Gasteiger partial charge is 0.253 e. The number of halogens is 1. The van der Waals surface area contributed by atoms with Gasteiger partial charge in [0.1, 0.15) is 12.4 Å². The fraction of sp³-hybridized carbons (Fsp3) is 0.278. The Kier molecular flexibility index (Phi) is 4.78. The summed E-state index contributed by atoms with van der Waals surface area (Å²) in [6.07, 6.45) is 2.22. The molecule has 0 aliphatic carbocycles. The molecule has 1 saturated heterocycles. The van der Waals surface area contributed by atoms with Gasteiger partial charge in [-0.25, -0.2) is 0 Å². The number of hydrogen-bond donors (Lipinski definition) is 0.